The third-order valence-corrected chi connectivity index (χ3v) is 4.88. The second-order valence-corrected chi connectivity index (χ2v) is 7.08. The van der Waals surface area contributed by atoms with E-state index in [2.05, 4.69) is 37.6 Å². The van der Waals surface area contributed by atoms with Crippen LogP contribution in [-0.4, -0.2) is 41.2 Å². The summed E-state index contributed by atoms with van der Waals surface area (Å²) in [5.74, 6) is 3.29. The summed E-state index contributed by atoms with van der Waals surface area (Å²) in [5.41, 5.74) is 0. The predicted octanol–water partition coefficient (Wildman–Crippen LogP) is 4.60. The number of rotatable bonds is 9. The average molecular weight is 396 g/mol. The SMILES string of the molecule is Brc1ccc(OCCCCCCCN2CCSC2)nc1.Cl. The Morgan fingerprint density at radius 1 is 1.19 bits per heavy atom. The lowest BCUT2D eigenvalue weighted by Crippen LogP contribution is -2.20. The largest absolute Gasteiger partial charge is 0.478 e. The molecular formula is C15H24BrClN2OS. The Morgan fingerprint density at radius 2 is 2.00 bits per heavy atom. The summed E-state index contributed by atoms with van der Waals surface area (Å²) in [4.78, 5) is 6.76. The average Bonchev–Trinajstić information content (AvgIpc) is 2.97. The number of thioether (sulfide) groups is 1. The highest BCUT2D eigenvalue weighted by Gasteiger charge is 2.10. The van der Waals surface area contributed by atoms with E-state index in [0.717, 1.165) is 23.4 Å². The molecule has 0 N–H and O–H groups in total. The summed E-state index contributed by atoms with van der Waals surface area (Å²) in [7, 11) is 0. The van der Waals surface area contributed by atoms with Gasteiger partial charge in [-0.15, -0.1) is 24.2 Å². The van der Waals surface area contributed by atoms with Crippen LogP contribution in [0.5, 0.6) is 5.88 Å². The normalized spacial score (nSPS) is 14.9. The van der Waals surface area contributed by atoms with E-state index in [4.69, 9.17) is 4.74 Å². The molecule has 1 aliphatic rings. The van der Waals surface area contributed by atoms with Gasteiger partial charge in [0.2, 0.25) is 5.88 Å². The van der Waals surface area contributed by atoms with Crippen LogP contribution < -0.4 is 4.74 Å². The van der Waals surface area contributed by atoms with Crippen LogP contribution in [-0.2, 0) is 0 Å². The summed E-state index contributed by atoms with van der Waals surface area (Å²) in [6.07, 6.45) is 8.15. The lowest BCUT2D eigenvalue weighted by Gasteiger charge is -2.12. The minimum Gasteiger partial charge on any atom is -0.478 e. The van der Waals surface area contributed by atoms with E-state index in [1.165, 1.54) is 50.4 Å². The summed E-state index contributed by atoms with van der Waals surface area (Å²) < 4.78 is 6.59. The van der Waals surface area contributed by atoms with E-state index in [1.54, 1.807) is 6.20 Å². The van der Waals surface area contributed by atoms with Crippen molar-refractivity contribution in [3.8, 4) is 5.88 Å². The summed E-state index contributed by atoms with van der Waals surface area (Å²) in [6.45, 7) is 3.35. The van der Waals surface area contributed by atoms with Crippen molar-refractivity contribution in [2.45, 2.75) is 32.1 Å². The molecule has 0 aliphatic carbocycles. The van der Waals surface area contributed by atoms with Crippen molar-refractivity contribution in [3.63, 3.8) is 0 Å². The van der Waals surface area contributed by atoms with Gasteiger partial charge in [0.25, 0.3) is 0 Å². The summed E-state index contributed by atoms with van der Waals surface area (Å²) in [5, 5.41) is 0. The lowest BCUT2D eigenvalue weighted by molar-refractivity contribution is 0.291. The molecule has 1 fully saturated rings. The van der Waals surface area contributed by atoms with Crippen molar-refractivity contribution in [2.75, 3.05) is 31.3 Å². The minimum atomic E-state index is 0. The van der Waals surface area contributed by atoms with E-state index in [-0.39, 0.29) is 12.4 Å². The summed E-state index contributed by atoms with van der Waals surface area (Å²) >= 11 is 5.42. The number of aromatic nitrogens is 1. The Bertz CT molecular complexity index is 374. The number of hydrogen-bond donors (Lipinski definition) is 0. The fourth-order valence-corrected chi connectivity index (χ4v) is 3.49. The standard InChI is InChI=1S/C15H23BrN2OS.ClH/c16-14-6-7-15(17-12-14)19-10-5-3-1-2-4-8-18-9-11-20-13-18;/h6-7,12H,1-5,8-11,13H2;1H. The van der Waals surface area contributed by atoms with Gasteiger partial charge in [-0.2, -0.15) is 0 Å². The van der Waals surface area contributed by atoms with E-state index in [0.29, 0.717) is 0 Å². The topological polar surface area (TPSA) is 25.4 Å². The van der Waals surface area contributed by atoms with Crippen molar-refractivity contribution >= 4 is 40.1 Å². The second-order valence-electron chi connectivity index (χ2n) is 5.09. The smallest absolute Gasteiger partial charge is 0.213 e. The highest BCUT2D eigenvalue weighted by atomic mass is 79.9. The number of pyridine rings is 1. The lowest BCUT2D eigenvalue weighted by atomic mass is 10.1. The van der Waals surface area contributed by atoms with Crippen LogP contribution in [0.3, 0.4) is 0 Å². The molecule has 0 unspecified atom stereocenters. The van der Waals surface area contributed by atoms with Crippen molar-refractivity contribution in [1.82, 2.24) is 9.88 Å². The van der Waals surface area contributed by atoms with Crippen LogP contribution >= 0.6 is 40.1 Å². The van der Waals surface area contributed by atoms with Crippen LogP contribution in [0.25, 0.3) is 0 Å². The molecule has 2 rings (SSSR count). The highest BCUT2D eigenvalue weighted by Crippen LogP contribution is 2.15. The first kappa shape index (κ1) is 19.1. The first-order valence-electron chi connectivity index (χ1n) is 7.39. The minimum absolute atomic E-state index is 0. The molecule has 120 valence electrons. The van der Waals surface area contributed by atoms with E-state index in [1.807, 2.05) is 12.1 Å². The van der Waals surface area contributed by atoms with Crippen LogP contribution in [0, 0.1) is 0 Å². The van der Waals surface area contributed by atoms with Gasteiger partial charge in [-0.3, -0.25) is 4.90 Å². The molecule has 1 aromatic heterocycles. The number of hydrogen-bond acceptors (Lipinski definition) is 4. The Kier molecular flexibility index (Phi) is 10.5. The van der Waals surface area contributed by atoms with Gasteiger partial charge in [0.05, 0.1) is 6.61 Å². The van der Waals surface area contributed by atoms with Crippen LogP contribution in [0.4, 0.5) is 0 Å². The van der Waals surface area contributed by atoms with Gasteiger partial charge in [0.1, 0.15) is 0 Å². The molecule has 0 saturated carbocycles. The third kappa shape index (κ3) is 8.29. The van der Waals surface area contributed by atoms with Gasteiger partial charge >= 0.3 is 0 Å². The molecular weight excluding hydrogens is 372 g/mol. The van der Waals surface area contributed by atoms with Gasteiger partial charge in [0, 0.05) is 34.9 Å². The Hall–Kier alpha value is 0.0300. The zero-order chi connectivity index (χ0) is 14.0. The fraction of sp³-hybridized carbons (Fsp3) is 0.667. The zero-order valence-electron chi connectivity index (χ0n) is 12.3. The Balaban J connectivity index is 0.00000220. The fourth-order valence-electron chi connectivity index (χ4n) is 2.22. The van der Waals surface area contributed by atoms with E-state index in [9.17, 15) is 0 Å². The molecule has 0 radical (unpaired) electrons. The molecule has 0 bridgehead atoms. The highest BCUT2D eigenvalue weighted by molar-refractivity contribution is 9.10. The predicted molar refractivity (Wildman–Crippen MR) is 96.7 cm³/mol. The molecule has 3 nitrogen and oxygen atoms in total. The first-order chi connectivity index (χ1) is 9.84. The van der Waals surface area contributed by atoms with Gasteiger partial charge in [-0.05, 0) is 41.4 Å². The van der Waals surface area contributed by atoms with Crippen molar-refractivity contribution in [3.05, 3.63) is 22.8 Å². The molecule has 1 aromatic rings. The van der Waals surface area contributed by atoms with Gasteiger partial charge in [-0.25, -0.2) is 4.98 Å². The van der Waals surface area contributed by atoms with E-state index >= 15 is 0 Å². The molecule has 1 saturated heterocycles. The third-order valence-electron chi connectivity index (χ3n) is 3.39. The molecule has 0 spiro atoms. The van der Waals surface area contributed by atoms with Gasteiger partial charge < -0.3 is 4.74 Å². The maximum Gasteiger partial charge on any atom is 0.213 e. The van der Waals surface area contributed by atoms with Crippen molar-refractivity contribution in [2.24, 2.45) is 0 Å². The van der Waals surface area contributed by atoms with Crippen LogP contribution in [0.1, 0.15) is 32.1 Å². The number of unbranched alkanes of at least 4 members (excludes halogenated alkanes) is 4. The second kappa shape index (κ2) is 11.6. The first-order valence-corrected chi connectivity index (χ1v) is 9.34. The maximum absolute atomic E-state index is 5.61. The van der Waals surface area contributed by atoms with Gasteiger partial charge in [-0.1, -0.05) is 19.3 Å². The summed E-state index contributed by atoms with van der Waals surface area (Å²) in [6, 6.07) is 3.86. The van der Waals surface area contributed by atoms with Crippen molar-refractivity contribution in [1.29, 1.82) is 0 Å². The molecule has 0 amide bonds. The number of nitrogens with zero attached hydrogens (tertiary/aromatic N) is 2. The monoisotopic (exact) mass is 394 g/mol. The van der Waals surface area contributed by atoms with Crippen LogP contribution in [0.2, 0.25) is 0 Å². The molecule has 2 heterocycles. The quantitative estimate of drug-likeness (QED) is 0.570. The Labute approximate surface area is 146 Å². The number of halogens is 2. The Morgan fingerprint density at radius 3 is 2.71 bits per heavy atom. The molecule has 0 atom stereocenters. The van der Waals surface area contributed by atoms with Crippen molar-refractivity contribution < 1.29 is 4.74 Å². The molecule has 0 aromatic carbocycles. The van der Waals surface area contributed by atoms with Crippen LogP contribution in [0.15, 0.2) is 22.8 Å². The van der Waals surface area contributed by atoms with Gasteiger partial charge in [0.15, 0.2) is 0 Å². The molecule has 21 heavy (non-hydrogen) atoms. The molecule has 6 heteroatoms. The maximum atomic E-state index is 5.61. The molecule has 1 aliphatic heterocycles. The number of ether oxygens (including phenoxy) is 1. The van der Waals surface area contributed by atoms with E-state index < -0.39 is 0 Å². The zero-order valence-corrected chi connectivity index (χ0v) is 15.5.